The monoisotopic (exact) mass is 220 g/mol. The summed E-state index contributed by atoms with van der Waals surface area (Å²) in [6.45, 7) is 8.76. The van der Waals surface area contributed by atoms with Crippen LogP contribution in [0, 0.1) is 17.3 Å². The number of hydrogen-bond acceptors (Lipinski definition) is 1. The number of ketones is 1. The Morgan fingerprint density at radius 2 is 2.00 bits per heavy atom. The minimum atomic E-state index is 0.332. The summed E-state index contributed by atoms with van der Waals surface area (Å²) in [7, 11) is 0. The van der Waals surface area contributed by atoms with E-state index in [2.05, 4.69) is 20.8 Å². The Morgan fingerprint density at radius 3 is 2.62 bits per heavy atom. The second-order valence-electron chi connectivity index (χ2n) is 6.25. The molecule has 1 nitrogen and oxygen atoms in total. The SMILES string of the molecule is CC(=O)C1CCC2(C)CCC(C)=C(C)C2C1. The summed E-state index contributed by atoms with van der Waals surface area (Å²) in [6, 6.07) is 0. The zero-order valence-corrected chi connectivity index (χ0v) is 11.1. The van der Waals surface area contributed by atoms with Gasteiger partial charge in [0.15, 0.2) is 0 Å². The van der Waals surface area contributed by atoms with Gasteiger partial charge in [0.25, 0.3) is 0 Å². The van der Waals surface area contributed by atoms with Crippen LogP contribution in [-0.4, -0.2) is 5.78 Å². The van der Waals surface area contributed by atoms with Gasteiger partial charge in [-0.05, 0) is 64.2 Å². The van der Waals surface area contributed by atoms with Crippen LogP contribution in [0.1, 0.15) is 59.8 Å². The molecular weight excluding hydrogens is 196 g/mol. The average molecular weight is 220 g/mol. The van der Waals surface area contributed by atoms with E-state index in [9.17, 15) is 4.79 Å². The lowest BCUT2D eigenvalue weighted by atomic mass is 9.56. The van der Waals surface area contributed by atoms with Gasteiger partial charge in [0.2, 0.25) is 0 Å². The van der Waals surface area contributed by atoms with Crippen molar-refractivity contribution in [3.8, 4) is 0 Å². The van der Waals surface area contributed by atoms with Gasteiger partial charge in [0.1, 0.15) is 5.78 Å². The van der Waals surface area contributed by atoms with E-state index >= 15 is 0 Å². The van der Waals surface area contributed by atoms with E-state index in [1.54, 1.807) is 18.1 Å². The van der Waals surface area contributed by atoms with Crippen LogP contribution in [0.3, 0.4) is 0 Å². The molecule has 2 rings (SSSR count). The summed E-state index contributed by atoms with van der Waals surface area (Å²) < 4.78 is 0. The Bertz CT molecular complexity index is 339. The molecule has 0 radical (unpaired) electrons. The van der Waals surface area contributed by atoms with Gasteiger partial charge < -0.3 is 0 Å². The maximum atomic E-state index is 11.5. The Balaban J connectivity index is 2.25. The van der Waals surface area contributed by atoms with E-state index in [1.807, 2.05) is 0 Å². The van der Waals surface area contributed by atoms with Crippen LogP contribution in [0.25, 0.3) is 0 Å². The molecule has 0 saturated heterocycles. The van der Waals surface area contributed by atoms with Gasteiger partial charge >= 0.3 is 0 Å². The van der Waals surface area contributed by atoms with Gasteiger partial charge in [-0.25, -0.2) is 0 Å². The minimum absolute atomic E-state index is 0.332. The number of Topliss-reactive ketones (excluding diaryl/α,β-unsaturated/α-hetero) is 1. The molecule has 3 atom stereocenters. The molecule has 16 heavy (non-hydrogen) atoms. The first-order valence-electron chi connectivity index (χ1n) is 6.61. The predicted molar refractivity (Wildman–Crippen MR) is 67.2 cm³/mol. The first kappa shape index (κ1) is 11.9. The quantitative estimate of drug-likeness (QED) is 0.607. The number of allylic oxidation sites excluding steroid dienone is 2. The molecule has 0 amide bonds. The summed E-state index contributed by atoms with van der Waals surface area (Å²) in [5.74, 6) is 1.40. The van der Waals surface area contributed by atoms with Crippen LogP contribution >= 0.6 is 0 Å². The highest BCUT2D eigenvalue weighted by atomic mass is 16.1. The number of rotatable bonds is 1. The van der Waals surface area contributed by atoms with Crippen LogP contribution in [0.5, 0.6) is 0 Å². The first-order chi connectivity index (χ1) is 7.44. The third-order valence-electron chi connectivity index (χ3n) is 5.27. The van der Waals surface area contributed by atoms with E-state index in [0.717, 1.165) is 12.8 Å². The minimum Gasteiger partial charge on any atom is -0.300 e. The summed E-state index contributed by atoms with van der Waals surface area (Å²) in [5.41, 5.74) is 3.64. The third-order valence-corrected chi connectivity index (χ3v) is 5.27. The van der Waals surface area contributed by atoms with Gasteiger partial charge in [-0.1, -0.05) is 18.1 Å². The molecule has 1 heteroatoms. The normalized spacial score (nSPS) is 39.5. The van der Waals surface area contributed by atoms with Gasteiger partial charge in [-0.2, -0.15) is 0 Å². The van der Waals surface area contributed by atoms with Crippen LogP contribution < -0.4 is 0 Å². The number of carbonyl (C=O) groups is 1. The van der Waals surface area contributed by atoms with Gasteiger partial charge in [-0.15, -0.1) is 0 Å². The number of hydrogen-bond donors (Lipinski definition) is 0. The fourth-order valence-corrected chi connectivity index (χ4v) is 3.70. The van der Waals surface area contributed by atoms with E-state index in [1.165, 1.54) is 19.3 Å². The van der Waals surface area contributed by atoms with Crippen molar-refractivity contribution in [2.45, 2.75) is 59.8 Å². The summed E-state index contributed by atoms with van der Waals surface area (Å²) in [5, 5.41) is 0. The molecule has 90 valence electrons. The fourth-order valence-electron chi connectivity index (χ4n) is 3.70. The highest BCUT2D eigenvalue weighted by Gasteiger charge is 2.43. The Hall–Kier alpha value is -0.590. The highest BCUT2D eigenvalue weighted by molar-refractivity contribution is 5.78. The van der Waals surface area contributed by atoms with Crippen LogP contribution in [0.15, 0.2) is 11.1 Å². The second kappa shape index (κ2) is 4.01. The van der Waals surface area contributed by atoms with Crippen molar-refractivity contribution in [2.75, 3.05) is 0 Å². The van der Waals surface area contributed by atoms with E-state index in [0.29, 0.717) is 23.0 Å². The molecule has 3 unspecified atom stereocenters. The Kier molecular flexibility index (Phi) is 2.98. The zero-order valence-electron chi connectivity index (χ0n) is 11.1. The maximum Gasteiger partial charge on any atom is 0.132 e. The van der Waals surface area contributed by atoms with E-state index in [4.69, 9.17) is 0 Å². The number of fused-ring (bicyclic) bond motifs is 1. The third kappa shape index (κ3) is 1.85. The molecule has 0 heterocycles. The van der Waals surface area contributed by atoms with Crippen molar-refractivity contribution < 1.29 is 4.79 Å². The molecule has 0 aromatic rings. The molecule has 0 aromatic carbocycles. The molecule has 0 spiro atoms. The molecular formula is C15H24O. The van der Waals surface area contributed by atoms with Gasteiger partial charge in [-0.3, -0.25) is 4.79 Å². The molecule has 2 aliphatic carbocycles. The number of carbonyl (C=O) groups excluding carboxylic acids is 1. The molecule has 1 fully saturated rings. The maximum absolute atomic E-state index is 11.5. The van der Waals surface area contributed by atoms with E-state index < -0.39 is 0 Å². The average Bonchev–Trinajstić information content (AvgIpc) is 2.24. The van der Waals surface area contributed by atoms with Crippen LogP contribution in [-0.2, 0) is 4.79 Å². The lowest BCUT2D eigenvalue weighted by Crippen LogP contribution is -2.39. The Morgan fingerprint density at radius 1 is 1.31 bits per heavy atom. The predicted octanol–water partition coefficient (Wildman–Crippen LogP) is 4.13. The van der Waals surface area contributed by atoms with Crippen molar-refractivity contribution in [2.24, 2.45) is 17.3 Å². The van der Waals surface area contributed by atoms with Crippen molar-refractivity contribution in [1.82, 2.24) is 0 Å². The zero-order chi connectivity index (χ0) is 11.9. The highest BCUT2D eigenvalue weighted by Crippen LogP contribution is 2.53. The largest absolute Gasteiger partial charge is 0.300 e. The van der Waals surface area contributed by atoms with Crippen molar-refractivity contribution in [1.29, 1.82) is 0 Å². The molecule has 1 saturated carbocycles. The van der Waals surface area contributed by atoms with Crippen molar-refractivity contribution >= 4 is 5.78 Å². The lowest BCUT2D eigenvalue weighted by Gasteiger charge is -2.48. The topological polar surface area (TPSA) is 17.1 Å². The second-order valence-corrected chi connectivity index (χ2v) is 6.25. The molecule has 0 aliphatic heterocycles. The van der Waals surface area contributed by atoms with Gasteiger partial charge in [0, 0.05) is 5.92 Å². The molecule has 0 bridgehead atoms. The fraction of sp³-hybridized carbons (Fsp3) is 0.800. The van der Waals surface area contributed by atoms with Crippen molar-refractivity contribution in [3.05, 3.63) is 11.1 Å². The van der Waals surface area contributed by atoms with E-state index in [-0.39, 0.29) is 0 Å². The van der Waals surface area contributed by atoms with Crippen LogP contribution in [0.2, 0.25) is 0 Å². The Labute approximate surface area is 99.3 Å². The van der Waals surface area contributed by atoms with Crippen LogP contribution in [0.4, 0.5) is 0 Å². The van der Waals surface area contributed by atoms with Gasteiger partial charge in [0.05, 0.1) is 0 Å². The lowest BCUT2D eigenvalue weighted by molar-refractivity contribution is -0.123. The summed E-state index contributed by atoms with van der Waals surface area (Å²) in [4.78, 5) is 11.5. The molecule has 2 aliphatic rings. The molecule has 0 N–H and O–H groups in total. The molecule has 0 aromatic heterocycles. The first-order valence-corrected chi connectivity index (χ1v) is 6.61. The summed E-state index contributed by atoms with van der Waals surface area (Å²) >= 11 is 0. The smallest absolute Gasteiger partial charge is 0.132 e. The standard InChI is InChI=1S/C15H24O/c1-10-5-7-15(4)8-6-13(12(3)16)9-14(15)11(10)2/h13-14H,5-9H2,1-4H3. The van der Waals surface area contributed by atoms with Crippen molar-refractivity contribution in [3.63, 3.8) is 0 Å². The summed E-state index contributed by atoms with van der Waals surface area (Å²) in [6.07, 6.45) is 6.06.